The van der Waals surface area contributed by atoms with E-state index in [-0.39, 0.29) is 54.7 Å². The van der Waals surface area contributed by atoms with Crippen LogP contribution in [0.4, 0.5) is 0 Å². The Morgan fingerprint density at radius 2 is 0.728 bits per heavy atom. The van der Waals surface area contributed by atoms with Gasteiger partial charge in [-0.3, -0.25) is 57.4 Å². The van der Waals surface area contributed by atoms with Crippen LogP contribution in [-0.4, -0.2) is 129 Å². The molecule has 0 spiro atoms. The molecule has 4 saturated heterocycles. The van der Waals surface area contributed by atoms with Gasteiger partial charge in [-0.2, -0.15) is 35.3 Å². The number of aromatic amines is 4. The van der Waals surface area contributed by atoms with Crippen LogP contribution in [0.25, 0.3) is 0 Å². The summed E-state index contributed by atoms with van der Waals surface area (Å²) in [5.41, 5.74) is -0.994. The number of hydrogen-bond donors (Lipinski definition) is 5. The molecule has 0 radical (unpaired) electrons. The van der Waals surface area contributed by atoms with E-state index in [0.29, 0.717) is 85.9 Å². The van der Waals surface area contributed by atoms with Gasteiger partial charge in [0.05, 0.1) is 43.4 Å². The maximum atomic E-state index is 13.3. The zero-order valence-electron chi connectivity index (χ0n) is 51.0. The summed E-state index contributed by atoms with van der Waals surface area (Å²) in [4.78, 5) is 110. The molecule has 7 aromatic rings. The van der Waals surface area contributed by atoms with Crippen LogP contribution in [-0.2, 0) is 23.7 Å². The topological polar surface area (TPSA) is 295 Å². The van der Waals surface area contributed by atoms with Crippen molar-refractivity contribution < 1.29 is 33.5 Å². The number of hydrogen-bond acceptors (Lipinski definition) is 19. The van der Waals surface area contributed by atoms with Gasteiger partial charge in [-0.05, 0) is 151 Å². The summed E-state index contributed by atoms with van der Waals surface area (Å²) in [7, 11) is 3.30. The lowest BCUT2D eigenvalue weighted by Crippen LogP contribution is -2.31. The monoisotopic (exact) mass is 1340 g/mol. The fourth-order valence-electron chi connectivity index (χ4n) is 13.1. The Morgan fingerprint density at radius 3 is 1.03 bits per heavy atom. The molecule has 3 aromatic carbocycles. The van der Waals surface area contributed by atoms with Crippen LogP contribution in [0.15, 0.2) is 166 Å². The molecule has 11 rings (SSSR count). The molecule has 0 aliphatic carbocycles. The van der Waals surface area contributed by atoms with Crippen molar-refractivity contribution in [1.82, 2.24) is 38.2 Å². The molecule has 12 atom stereocenters. The fraction of sp³-hybridized carbons (Fsp3) is 0.477. The maximum Gasteiger partial charge on any atom is 0.330 e. The lowest BCUT2D eigenvalue weighted by molar-refractivity contribution is -0.0160. The van der Waals surface area contributed by atoms with E-state index in [1.807, 2.05) is 42.5 Å². The molecular weight excluding hydrogens is 1260 g/mol. The molecule has 92 heavy (non-hydrogen) atoms. The van der Waals surface area contributed by atoms with E-state index >= 15 is 0 Å². The Morgan fingerprint density at radius 1 is 0.424 bits per heavy atom. The fourth-order valence-corrected chi connectivity index (χ4v) is 18.5. The summed E-state index contributed by atoms with van der Waals surface area (Å²) in [6.45, 7) is -0.0776. The number of thioether (sulfide) groups is 4. The number of aliphatic hydroxyl groups is 1. The van der Waals surface area contributed by atoms with Crippen LogP contribution in [0.5, 0.6) is 11.5 Å². The second kappa shape index (κ2) is 31.0. The second-order valence-electron chi connectivity index (χ2n) is 23.5. The molecule has 8 heterocycles. The first-order valence-electron chi connectivity index (χ1n) is 30.9. The highest BCUT2D eigenvalue weighted by molar-refractivity contribution is 8.00. The smallest absolute Gasteiger partial charge is 0.330 e. The Bertz CT molecular complexity index is 4040. The van der Waals surface area contributed by atoms with E-state index < -0.39 is 74.7 Å². The first-order valence-corrected chi connectivity index (χ1v) is 35.4. The summed E-state index contributed by atoms with van der Waals surface area (Å²) in [5.74, 6) is 6.43. The van der Waals surface area contributed by atoms with Gasteiger partial charge in [-0.1, -0.05) is 54.6 Å². The van der Waals surface area contributed by atoms with E-state index in [1.165, 1.54) is 67.3 Å². The number of H-pyrrole nitrogens is 4. The van der Waals surface area contributed by atoms with Gasteiger partial charge in [-0.15, -0.1) is 11.8 Å². The third-order valence-corrected chi connectivity index (χ3v) is 23.1. The SMILES string of the molecule is COc1ccc(C(SC[C@H]2C[C@H](n3ccc(=O)[nH]c3=O)O[C@@H]2CCSC[C@H]2C[C@H](n3ccc(=O)[nH]c3=O)O[C@@H]2CCSC[C@H]2C[C@H](n3ccc(=O)[nH]c3=O)O[C@@H]2CCSC[C@H]2C[C@H](n3ccc(=O)[nH]c3=O)O[C@@H]2CCO)(c2ccccc2)c2ccc(OC)cc2)cc1. The van der Waals surface area contributed by atoms with Gasteiger partial charge in [0, 0.05) is 61.4 Å². The summed E-state index contributed by atoms with van der Waals surface area (Å²) in [6, 6.07) is 32.0. The van der Waals surface area contributed by atoms with Gasteiger partial charge in [0.1, 0.15) is 36.4 Å². The van der Waals surface area contributed by atoms with Crippen LogP contribution >= 0.6 is 47.0 Å². The largest absolute Gasteiger partial charge is 0.497 e. The lowest BCUT2D eigenvalue weighted by atomic mass is 9.84. The zero-order chi connectivity index (χ0) is 64.3. The number of benzene rings is 3. The minimum atomic E-state index is -0.698. The first kappa shape index (κ1) is 66.6. The molecule has 0 bridgehead atoms. The van der Waals surface area contributed by atoms with Crippen LogP contribution in [0.3, 0.4) is 0 Å². The van der Waals surface area contributed by atoms with E-state index in [2.05, 4.69) is 56.3 Å². The van der Waals surface area contributed by atoms with Crippen LogP contribution in [0.1, 0.15) is 93.0 Å². The van der Waals surface area contributed by atoms with Crippen molar-refractivity contribution in [3.63, 3.8) is 0 Å². The van der Waals surface area contributed by atoms with E-state index in [9.17, 15) is 43.5 Å². The van der Waals surface area contributed by atoms with E-state index in [1.54, 1.807) is 61.3 Å². The average molecular weight is 1340 g/mol. The van der Waals surface area contributed by atoms with Crippen molar-refractivity contribution in [2.45, 2.75) is 105 Å². The van der Waals surface area contributed by atoms with Gasteiger partial charge in [-0.25, -0.2) is 19.2 Å². The minimum absolute atomic E-state index is 0.0273. The van der Waals surface area contributed by atoms with Crippen LogP contribution in [0.2, 0.25) is 0 Å². The molecule has 5 N–H and O–H groups in total. The quantitative estimate of drug-likeness (QED) is 0.0254. The third-order valence-electron chi connectivity index (χ3n) is 17.8. The van der Waals surface area contributed by atoms with Crippen LogP contribution in [0, 0.1) is 23.7 Å². The molecule has 0 unspecified atom stereocenters. The lowest BCUT2D eigenvalue weighted by Gasteiger charge is -2.37. The van der Waals surface area contributed by atoms with Crippen molar-refractivity contribution >= 4 is 47.0 Å². The average Bonchev–Trinajstić information content (AvgIpc) is 0.982. The van der Waals surface area contributed by atoms with Crippen LogP contribution < -0.4 is 54.5 Å². The van der Waals surface area contributed by atoms with E-state index in [0.717, 1.165) is 33.9 Å². The summed E-state index contributed by atoms with van der Waals surface area (Å²) >= 11 is 7.08. The summed E-state index contributed by atoms with van der Waals surface area (Å²) in [6.07, 6.45) is 6.99. The predicted octanol–water partition coefficient (Wildman–Crippen LogP) is 6.30. The zero-order valence-corrected chi connectivity index (χ0v) is 54.2. The normalized spacial score (nSPS) is 24.7. The minimum Gasteiger partial charge on any atom is -0.497 e. The molecule has 4 aliphatic heterocycles. The number of nitrogens with zero attached hydrogens (tertiary/aromatic N) is 4. The van der Waals surface area contributed by atoms with Gasteiger partial charge >= 0.3 is 22.8 Å². The number of rotatable bonds is 29. The Labute approximate surface area is 545 Å². The number of aliphatic hydroxyl groups excluding tert-OH is 1. The Hall–Kier alpha value is -6.82. The summed E-state index contributed by atoms with van der Waals surface area (Å²) < 4.78 is 42.7. The molecule has 4 aromatic heterocycles. The molecule has 0 amide bonds. The molecule has 4 fully saturated rings. The summed E-state index contributed by atoms with van der Waals surface area (Å²) in [5, 5.41) is 9.87. The Balaban J connectivity index is 0.761. The highest BCUT2D eigenvalue weighted by Crippen LogP contribution is 2.52. The molecule has 0 saturated carbocycles. The van der Waals surface area contributed by atoms with Gasteiger partial charge in [0.25, 0.3) is 22.2 Å². The highest BCUT2D eigenvalue weighted by Gasteiger charge is 2.44. The second-order valence-corrected chi connectivity index (χ2v) is 28.2. The number of ether oxygens (including phenoxy) is 6. The van der Waals surface area contributed by atoms with Crippen molar-refractivity contribution in [3.8, 4) is 11.5 Å². The molecule has 23 nitrogen and oxygen atoms in total. The maximum absolute atomic E-state index is 13.3. The van der Waals surface area contributed by atoms with Crippen molar-refractivity contribution in [2.24, 2.45) is 23.7 Å². The standard InChI is InChI=1S/C65H76N8O15S4/c1-83-47-12-8-45(9-13-47)65(44-6-4-3-5-7-44,46-10-14-48(84-2)15-11-46)92-39-43-35-60(73-27-19-56(78)69-64(73)82)88-52(43)23-31-91-38-42-34-59(72-26-18-55(77)68-63(72)81)87-51(42)22-30-90-37-41-33-58(71-25-17-54(76)67-62(71)80)86-50(41)21-29-89-36-40-32-57(85-49(40)20-28-74)70-24-16-53(75)66-61(70)79/h3-19,24-27,40-43,49-52,57-60,74H,20-23,28-39H2,1-2H3,(H,66,75,79)(H,67,76,80)(H,68,77,81)(H,69,78,82)/t40-,41-,42-,43-,49-,50-,51-,52-,57-,58-,59-,60-/m1/s1. The first-order chi connectivity index (χ1) is 44.7. The number of nitrogens with one attached hydrogen (secondary N) is 4. The van der Waals surface area contributed by atoms with Gasteiger partial charge in [0.2, 0.25) is 0 Å². The molecule has 4 aliphatic rings. The number of aromatic nitrogens is 8. The molecule has 490 valence electrons. The molecular formula is C65H76N8O15S4. The number of methoxy groups -OCH3 is 2. The highest BCUT2D eigenvalue weighted by atomic mass is 32.2. The van der Waals surface area contributed by atoms with Crippen molar-refractivity contribution in [2.75, 3.05) is 61.1 Å². The van der Waals surface area contributed by atoms with Gasteiger partial charge < -0.3 is 33.5 Å². The van der Waals surface area contributed by atoms with Gasteiger partial charge in [0.15, 0.2) is 0 Å². The molecule has 27 heteroatoms. The van der Waals surface area contributed by atoms with Crippen molar-refractivity contribution in [3.05, 3.63) is 228 Å². The third kappa shape index (κ3) is 15.7. The van der Waals surface area contributed by atoms with Crippen molar-refractivity contribution in [1.29, 1.82) is 0 Å². The van der Waals surface area contributed by atoms with E-state index in [4.69, 9.17) is 28.4 Å². The Kier molecular flexibility index (Phi) is 22.4. The predicted molar refractivity (Wildman–Crippen MR) is 356 cm³/mol.